The second kappa shape index (κ2) is 9.33. The quantitative estimate of drug-likeness (QED) is 0.484. The van der Waals surface area contributed by atoms with Gasteiger partial charge < -0.3 is 24.2 Å². The van der Waals surface area contributed by atoms with Gasteiger partial charge in [0.25, 0.3) is 5.91 Å². The Hall–Kier alpha value is -3.22. The lowest BCUT2D eigenvalue weighted by atomic mass is 9.93. The van der Waals surface area contributed by atoms with Gasteiger partial charge in [0, 0.05) is 28.3 Å². The Morgan fingerprint density at radius 3 is 2.24 bits per heavy atom. The minimum Gasteiger partial charge on any atom is -0.502 e. The molecule has 1 N–H and O–H groups in total. The van der Waals surface area contributed by atoms with E-state index in [1.54, 1.807) is 29.2 Å². The summed E-state index contributed by atoms with van der Waals surface area (Å²) in [4.78, 5) is 15.2. The number of halogens is 1. The minimum absolute atomic E-state index is 0.0786. The Labute approximate surface area is 198 Å². The number of methoxy groups -OCH3 is 2. The molecular formula is C26H26ClNO5. The van der Waals surface area contributed by atoms with Crippen molar-refractivity contribution in [3.63, 3.8) is 0 Å². The lowest BCUT2D eigenvalue weighted by Gasteiger charge is -2.39. The molecule has 0 aliphatic carbocycles. The Balaban J connectivity index is 1.85. The maximum absolute atomic E-state index is 13.4. The molecule has 33 heavy (non-hydrogen) atoms. The fourth-order valence-corrected chi connectivity index (χ4v) is 4.45. The number of aromatic hydroxyl groups is 1. The van der Waals surface area contributed by atoms with Crippen molar-refractivity contribution in [2.75, 3.05) is 20.8 Å². The number of hydrogen-bond donors (Lipinski definition) is 1. The predicted molar refractivity (Wildman–Crippen MR) is 126 cm³/mol. The third kappa shape index (κ3) is 3.90. The first-order valence-electron chi connectivity index (χ1n) is 10.7. The molecule has 172 valence electrons. The highest BCUT2D eigenvalue weighted by atomic mass is 35.5. The molecule has 0 saturated heterocycles. The van der Waals surface area contributed by atoms with E-state index in [1.165, 1.54) is 14.2 Å². The predicted octanol–water partition coefficient (Wildman–Crippen LogP) is 5.35. The third-order valence-electron chi connectivity index (χ3n) is 5.82. The number of fused-ring (bicyclic) bond motifs is 1. The lowest BCUT2D eigenvalue weighted by molar-refractivity contribution is -0.117. The van der Waals surface area contributed by atoms with E-state index in [4.69, 9.17) is 25.8 Å². The van der Waals surface area contributed by atoms with Gasteiger partial charge in [-0.3, -0.25) is 4.79 Å². The van der Waals surface area contributed by atoms with Crippen LogP contribution in [-0.4, -0.2) is 36.7 Å². The first kappa shape index (κ1) is 23.0. The zero-order valence-corrected chi connectivity index (χ0v) is 19.6. The van der Waals surface area contributed by atoms with Crippen LogP contribution in [0.1, 0.15) is 40.4 Å². The Morgan fingerprint density at radius 1 is 1.00 bits per heavy atom. The van der Waals surface area contributed by atoms with Crippen LogP contribution in [0.25, 0.3) is 0 Å². The number of benzene rings is 3. The van der Waals surface area contributed by atoms with Crippen molar-refractivity contribution < 1.29 is 24.1 Å². The van der Waals surface area contributed by atoms with E-state index in [1.807, 2.05) is 43.3 Å². The van der Waals surface area contributed by atoms with Crippen molar-refractivity contribution >= 4 is 17.5 Å². The van der Waals surface area contributed by atoms with Crippen LogP contribution in [0.15, 0.2) is 60.7 Å². The Bertz CT molecular complexity index is 1140. The van der Waals surface area contributed by atoms with Crippen molar-refractivity contribution in [3.8, 4) is 17.2 Å². The highest BCUT2D eigenvalue weighted by Crippen LogP contribution is 2.46. The highest BCUT2D eigenvalue weighted by molar-refractivity contribution is 6.30. The number of carbonyl (C=O) groups is 1. The van der Waals surface area contributed by atoms with Gasteiger partial charge in [0.2, 0.25) is 5.75 Å². The van der Waals surface area contributed by atoms with Crippen LogP contribution in [0, 0.1) is 0 Å². The molecule has 0 fully saturated rings. The van der Waals surface area contributed by atoms with Gasteiger partial charge in [0.05, 0.1) is 20.8 Å². The average Bonchev–Trinajstić information content (AvgIpc) is 3.08. The van der Waals surface area contributed by atoms with Gasteiger partial charge in [-0.15, -0.1) is 0 Å². The van der Waals surface area contributed by atoms with Gasteiger partial charge in [-0.25, -0.2) is 0 Å². The number of nitrogens with zero attached hydrogens (tertiary/aromatic N) is 1. The number of rotatable bonds is 8. The lowest BCUT2D eigenvalue weighted by Crippen LogP contribution is -2.47. The third-order valence-corrected chi connectivity index (χ3v) is 6.07. The molecule has 0 spiro atoms. The Morgan fingerprint density at radius 2 is 1.64 bits per heavy atom. The number of ether oxygens (including phenoxy) is 3. The highest BCUT2D eigenvalue weighted by Gasteiger charge is 2.51. The summed E-state index contributed by atoms with van der Waals surface area (Å²) in [7, 11) is 2.95. The van der Waals surface area contributed by atoms with Crippen molar-refractivity contribution in [3.05, 3.63) is 87.9 Å². The largest absolute Gasteiger partial charge is 0.502 e. The molecule has 0 radical (unpaired) electrons. The summed E-state index contributed by atoms with van der Waals surface area (Å²) in [5, 5.41) is 10.9. The van der Waals surface area contributed by atoms with Gasteiger partial charge in [-0.2, -0.15) is 0 Å². The molecule has 0 saturated carbocycles. The number of phenolic OH excluding ortho intramolecular Hbond substituents is 1. The summed E-state index contributed by atoms with van der Waals surface area (Å²) >= 11 is 6.17. The van der Waals surface area contributed by atoms with Crippen molar-refractivity contribution in [2.45, 2.75) is 25.7 Å². The van der Waals surface area contributed by atoms with E-state index in [0.717, 1.165) is 23.1 Å². The van der Waals surface area contributed by atoms with E-state index in [2.05, 4.69) is 0 Å². The number of hydrogen-bond acceptors (Lipinski definition) is 5. The van der Waals surface area contributed by atoms with Gasteiger partial charge in [0.1, 0.15) is 0 Å². The van der Waals surface area contributed by atoms with E-state index in [-0.39, 0.29) is 29.8 Å². The average molecular weight is 468 g/mol. The summed E-state index contributed by atoms with van der Waals surface area (Å²) in [5.41, 5.74) is 1.79. The molecule has 0 aromatic heterocycles. The molecule has 1 atom stereocenters. The molecule has 1 aliphatic rings. The van der Waals surface area contributed by atoms with Crippen LogP contribution in [0.2, 0.25) is 5.02 Å². The first-order chi connectivity index (χ1) is 16.0. The maximum atomic E-state index is 13.4. The normalized spacial score (nSPS) is 17.2. The molecule has 1 amide bonds. The molecule has 3 aromatic rings. The van der Waals surface area contributed by atoms with Crippen LogP contribution in [-0.2, 0) is 17.1 Å². The molecule has 7 heteroatoms. The SMILES string of the molecule is CCCN1C(=O)c2ccccc2C1(OCc1cc(OC)c(O)c(OC)c1)c1ccc(Cl)cc1. The summed E-state index contributed by atoms with van der Waals surface area (Å²) in [6.45, 7) is 2.68. The smallest absolute Gasteiger partial charge is 0.257 e. The monoisotopic (exact) mass is 467 g/mol. The van der Waals surface area contributed by atoms with Gasteiger partial charge in [0.15, 0.2) is 17.2 Å². The molecule has 0 bridgehead atoms. The summed E-state index contributed by atoms with van der Waals surface area (Å²) in [6, 6.07) is 18.3. The summed E-state index contributed by atoms with van der Waals surface area (Å²) in [6.07, 6.45) is 0.763. The Kier molecular flexibility index (Phi) is 6.49. The van der Waals surface area contributed by atoms with E-state index in [9.17, 15) is 9.90 Å². The van der Waals surface area contributed by atoms with Crippen LogP contribution in [0.3, 0.4) is 0 Å². The second-order valence-corrected chi connectivity index (χ2v) is 8.23. The molecule has 1 unspecified atom stereocenters. The van der Waals surface area contributed by atoms with Gasteiger partial charge >= 0.3 is 0 Å². The minimum atomic E-state index is -1.13. The van der Waals surface area contributed by atoms with Crippen molar-refractivity contribution in [1.82, 2.24) is 4.90 Å². The van der Waals surface area contributed by atoms with Gasteiger partial charge in [-0.1, -0.05) is 48.9 Å². The topological polar surface area (TPSA) is 68.2 Å². The number of phenols is 1. The second-order valence-electron chi connectivity index (χ2n) is 7.79. The fraction of sp³-hybridized carbons (Fsp3) is 0.269. The summed E-state index contributed by atoms with van der Waals surface area (Å²) in [5.74, 6) is 0.400. The first-order valence-corrected chi connectivity index (χ1v) is 11.1. The molecule has 1 heterocycles. The molecular weight excluding hydrogens is 442 g/mol. The number of amides is 1. The standard InChI is InChI=1S/C26H26ClNO5/c1-4-13-28-25(30)20-7-5-6-8-21(20)26(28,18-9-11-19(27)12-10-18)33-16-17-14-22(31-2)24(29)23(15-17)32-3/h5-12,14-15,29H,4,13,16H2,1-3H3. The van der Waals surface area contributed by atoms with Crippen LogP contribution >= 0.6 is 11.6 Å². The zero-order valence-electron chi connectivity index (χ0n) is 18.8. The summed E-state index contributed by atoms with van der Waals surface area (Å²) < 4.78 is 17.3. The van der Waals surface area contributed by atoms with Crippen LogP contribution in [0.4, 0.5) is 0 Å². The molecule has 4 rings (SSSR count). The van der Waals surface area contributed by atoms with E-state index in [0.29, 0.717) is 17.1 Å². The molecule has 3 aromatic carbocycles. The van der Waals surface area contributed by atoms with Crippen molar-refractivity contribution in [1.29, 1.82) is 0 Å². The van der Waals surface area contributed by atoms with Crippen LogP contribution in [0.5, 0.6) is 17.2 Å². The van der Waals surface area contributed by atoms with Crippen molar-refractivity contribution in [2.24, 2.45) is 0 Å². The number of carbonyl (C=O) groups excluding carboxylic acids is 1. The van der Waals surface area contributed by atoms with E-state index >= 15 is 0 Å². The molecule has 1 aliphatic heterocycles. The fourth-order valence-electron chi connectivity index (χ4n) is 4.33. The van der Waals surface area contributed by atoms with Crippen LogP contribution < -0.4 is 9.47 Å². The zero-order chi connectivity index (χ0) is 23.6. The van der Waals surface area contributed by atoms with Gasteiger partial charge in [-0.05, 0) is 42.3 Å². The van der Waals surface area contributed by atoms with E-state index < -0.39 is 5.72 Å². The maximum Gasteiger partial charge on any atom is 0.257 e. The molecule has 6 nitrogen and oxygen atoms in total.